The normalized spacial score (nSPS) is 11.8. The van der Waals surface area contributed by atoms with Gasteiger partial charge in [0.15, 0.2) is 0 Å². The third-order valence-corrected chi connectivity index (χ3v) is 4.81. The van der Waals surface area contributed by atoms with Crippen molar-refractivity contribution in [2.75, 3.05) is 19.3 Å². The van der Waals surface area contributed by atoms with Crippen LogP contribution >= 0.6 is 9.42 Å². The Hall–Kier alpha value is 1.27. The second kappa shape index (κ2) is 15.3. The van der Waals surface area contributed by atoms with E-state index in [1.165, 1.54) is 6.26 Å². The fourth-order valence-electron chi connectivity index (χ4n) is 0.802. The molecule has 0 radical (unpaired) electrons. The van der Waals surface area contributed by atoms with Gasteiger partial charge >= 0.3 is 28.2 Å². The topological polar surface area (TPSA) is 64.7 Å². The molecule has 0 fully saturated rings. The van der Waals surface area contributed by atoms with E-state index in [1.54, 1.807) is 18.8 Å². The molecule has 0 spiro atoms. The van der Waals surface area contributed by atoms with Gasteiger partial charge in [-0.25, -0.2) is 0 Å². The molecule has 0 heterocycles. The van der Waals surface area contributed by atoms with Crippen molar-refractivity contribution in [3.05, 3.63) is 17.7 Å². The molecule has 7 heteroatoms. The van der Waals surface area contributed by atoms with Crippen LogP contribution in [0.15, 0.2) is 0 Å². The monoisotopic (exact) mass is 451 g/mol. The molecule has 0 aliphatic heterocycles. The molecule has 0 aliphatic carbocycles. The Morgan fingerprint density at radius 2 is 1.47 bits per heavy atom. The van der Waals surface area contributed by atoms with Gasteiger partial charge in [0, 0.05) is 8.07 Å². The van der Waals surface area contributed by atoms with Gasteiger partial charge in [-0.1, -0.05) is 25.2 Å². The van der Waals surface area contributed by atoms with Crippen molar-refractivity contribution in [3.8, 4) is 0 Å². The first-order chi connectivity index (χ1) is 6.85. The van der Waals surface area contributed by atoms with Gasteiger partial charge in [-0.3, -0.25) is 10.5 Å². The summed E-state index contributed by atoms with van der Waals surface area (Å²) >= 11 is 1.61. The van der Waals surface area contributed by atoms with Crippen LogP contribution in [0.2, 0.25) is 25.2 Å². The quantitative estimate of drug-likeness (QED) is 0.475. The summed E-state index contributed by atoms with van der Waals surface area (Å²) in [6.45, 7) is 5.63. The van der Waals surface area contributed by atoms with Crippen LogP contribution in [-0.2, 0) is 29.6 Å². The van der Waals surface area contributed by atoms with Crippen molar-refractivity contribution < 1.29 is 23.0 Å². The Balaban J connectivity index is -0.000000202. The first kappa shape index (κ1) is 21.5. The van der Waals surface area contributed by atoms with Crippen LogP contribution in [0.5, 0.6) is 0 Å². The van der Waals surface area contributed by atoms with E-state index in [2.05, 4.69) is 28.8 Å². The summed E-state index contributed by atoms with van der Waals surface area (Å²) in [5.41, 5.74) is 14.0. The van der Waals surface area contributed by atoms with Crippen LogP contribution in [0.4, 0.5) is 0 Å². The van der Waals surface area contributed by atoms with Crippen molar-refractivity contribution in [1.29, 1.82) is 0 Å². The molecular formula is C8H21ClN2OPtSSi-3. The Labute approximate surface area is 113 Å². The summed E-state index contributed by atoms with van der Waals surface area (Å²) < 4.78 is 9.44. The number of rotatable bonds is 4. The molecular weight excluding hydrogens is 431 g/mol. The summed E-state index contributed by atoms with van der Waals surface area (Å²) in [5.74, 6) is 0. The van der Waals surface area contributed by atoms with E-state index in [0.29, 0.717) is 13.1 Å². The number of nitrogens with one attached hydrogen (secondary N) is 2. The summed E-state index contributed by atoms with van der Waals surface area (Å²) in [6, 6.07) is 2.12. The maximum atomic E-state index is 9.44. The van der Waals surface area contributed by atoms with Crippen molar-refractivity contribution >= 4 is 28.3 Å². The van der Waals surface area contributed by atoms with Gasteiger partial charge < -0.3 is 11.5 Å². The number of halogens is 1. The Bertz CT molecular complexity index is 141. The van der Waals surface area contributed by atoms with Crippen molar-refractivity contribution in [1.82, 2.24) is 0 Å². The van der Waals surface area contributed by atoms with Crippen LogP contribution in [0.25, 0.3) is 11.5 Å². The predicted octanol–water partition coefficient (Wildman–Crippen LogP) is 3.64. The van der Waals surface area contributed by atoms with Gasteiger partial charge in [-0.15, -0.1) is 10.8 Å². The SMILES string of the molecule is C[Si](C)(CC[NH-])CC[NH-].[CH2-]S(C)=O.[Cl][Pt]. The molecule has 15 heavy (non-hydrogen) atoms. The molecule has 0 aliphatic rings. The molecule has 1 atom stereocenters. The zero-order chi connectivity index (χ0) is 12.9. The molecule has 99 valence electrons. The van der Waals surface area contributed by atoms with Gasteiger partial charge in [0.25, 0.3) is 0 Å². The number of hydrogen-bond donors (Lipinski definition) is 0. The molecule has 0 bridgehead atoms. The molecule has 1 unspecified atom stereocenters. The summed E-state index contributed by atoms with van der Waals surface area (Å²) in [5, 5.41) is 0. The molecule has 0 aromatic carbocycles. The Morgan fingerprint density at radius 1 is 1.27 bits per heavy atom. The average molecular weight is 452 g/mol. The Kier molecular flexibility index (Phi) is 21.9. The summed E-state index contributed by atoms with van der Waals surface area (Å²) in [7, 11) is 2.67. The van der Waals surface area contributed by atoms with Crippen LogP contribution in [-0.4, -0.2) is 31.6 Å². The van der Waals surface area contributed by atoms with Gasteiger partial charge in [0.05, 0.1) is 0 Å². The van der Waals surface area contributed by atoms with Crippen LogP contribution in [0.3, 0.4) is 0 Å². The van der Waals surface area contributed by atoms with Gasteiger partial charge in [-0.05, 0) is 6.26 Å². The summed E-state index contributed by atoms with van der Waals surface area (Å²) in [4.78, 5) is 0. The second-order valence-electron chi connectivity index (χ2n) is 3.74. The minimum atomic E-state index is -1.08. The van der Waals surface area contributed by atoms with E-state index in [-0.39, 0.29) is 0 Å². The first-order valence-corrected chi connectivity index (χ1v) is 12.4. The van der Waals surface area contributed by atoms with Gasteiger partial charge in [0.1, 0.15) is 0 Å². The molecule has 2 N–H and O–H groups in total. The summed E-state index contributed by atoms with van der Waals surface area (Å²) in [6.07, 6.45) is 4.64. The maximum absolute atomic E-state index is 9.44. The molecule has 0 saturated heterocycles. The molecule has 0 aromatic heterocycles. The average Bonchev–Trinajstić information content (AvgIpc) is 2.06. The standard InChI is InChI=1S/C6H16N2Si.C2H5OS.ClH.Pt/c1-9(2,5-3-7)6-4-8;1-4(2)3;;/h7-8H,3-6H2,1-2H3;1H2,2H3;1H;/q-2;-1;;+1/p-1. The van der Waals surface area contributed by atoms with Crippen molar-refractivity contribution in [3.63, 3.8) is 0 Å². The molecule has 0 aromatic rings. The first-order valence-electron chi connectivity index (χ1n) is 4.40. The third kappa shape index (κ3) is 31.3. The van der Waals surface area contributed by atoms with E-state index in [9.17, 15) is 4.21 Å². The van der Waals surface area contributed by atoms with E-state index in [0.717, 1.165) is 12.1 Å². The predicted molar refractivity (Wildman–Crippen MR) is 70.7 cm³/mol. The van der Waals surface area contributed by atoms with Crippen LogP contribution in [0, 0.1) is 6.26 Å². The zero-order valence-corrected chi connectivity index (χ0v) is 14.4. The molecule has 0 saturated carbocycles. The van der Waals surface area contributed by atoms with Crippen LogP contribution in [0.1, 0.15) is 0 Å². The number of hydrogen-bond acceptors (Lipinski definition) is 1. The van der Waals surface area contributed by atoms with Crippen LogP contribution < -0.4 is 0 Å². The van der Waals surface area contributed by atoms with E-state index in [1.807, 2.05) is 0 Å². The minimum absolute atomic E-state index is 0.555. The molecule has 3 nitrogen and oxygen atoms in total. The second-order valence-corrected chi connectivity index (χ2v) is 10.2. The van der Waals surface area contributed by atoms with Crippen molar-refractivity contribution in [2.24, 2.45) is 0 Å². The Morgan fingerprint density at radius 3 is 1.60 bits per heavy atom. The fourth-order valence-corrected chi connectivity index (χ4v) is 2.41. The fraction of sp³-hybridized carbons (Fsp3) is 0.875. The van der Waals surface area contributed by atoms with E-state index in [4.69, 9.17) is 11.5 Å². The molecule has 0 amide bonds. The van der Waals surface area contributed by atoms with E-state index < -0.39 is 18.9 Å². The third-order valence-electron chi connectivity index (χ3n) is 1.60. The molecule has 0 rings (SSSR count). The zero-order valence-electron chi connectivity index (χ0n) is 9.55. The van der Waals surface area contributed by atoms with Crippen molar-refractivity contribution in [2.45, 2.75) is 25.2 Å². The van der Waals surface area contributed by atoms with Gasteiger partial charge in [0.2, 0.25) is 0 Å². The van der Waals surface area contributed by atoms with Gasteiger partial charge in [-0.2, -0.15) is 13.1 Å². The van der Waals surface area contributed by atoms with E-state index >= 15 is 0 Å².